The number of hydrogen-bond acceptors (Lipinski definition) is 4. The zero-order valence-corrected chi connectivity index (χ0v) is 7.06. The molecular formula is C8H8N2O3. The Morgan fingerprint density at radius 2 is 2.38 bits per heavy atom. The molecule has 0 saturated carbocycles. The van der Waals surface area contributed by atoms with Crippen LogP contribution in [-0.4, -0.2) is 21.5 Å². The first kappa shape index (κ1) is 7.97. The molecule has 0 spiro atoms. The first-order valence-corrected chi connectivity index (χ1v) is 3.89. The summed E-state index contributed by atoms with van der Waals surface area (Å²) in [6, 6.07) is 0. The molecule has 68 valence electrons. The highest BCUT2D eigenvalue weighted by molar-refractivity contribution is 5.97. The van der Waals surface area contributed by atoms with Crippen molar-refractivity contribution in [1.82, 2.24) is 9.55 Å². The molecule has 2 rings (SSSR count). The maximum atomic E-state index is 11.1. The molecular weight excluding hydrogens is 172 g/mol. The Morgan fingerprint density at radius 3 is 2.85 bits per heavy atom. The largest absolute Gasteiger partial charge is 0.393 e. The lowest BCUT2D eigenvalue weighted by atomic mass is 10.1. The van der Waals surface area contributed by atoms with Gasteiger partial charge in [-0.1, -0.05) is 0 Å². The summed E-state index contributed by atoms with van der Waals surface area (Å²) in [6.07, 6.45) is 3.41. The lowest BCUT2D eigenvalue weighted by molar-refractivity contribution is -0.152. The smallest absolute Gasteiger partial charge is 0.323 e. The van der Waals surface area contributed by atoms with E-state index in [1.165, 1.54) is 0 Å². The van der Waals surface area contributed by atoms with Crippen molar-refractivity contribution in [3.8, 4) is 0 Å². The van der Waals surface area contributed by atoms with Crippen molar-refractivity contribution in [3.63, 3.8) is 0 Å². The second-order valence-electron chi connectivity index (χ2n) is 3.01. The predicted molar refractivity (Wildman–Crippen MR) is 41.7 cm³/mol. The monoisotopic (exact) mass is 180 g/mol. The number of carbonyl (C=O) groups excluding carboxylic acids is 2. The fraction of sp³-hybridized carbons (Fsp3) is 0.375. The SMILES string of the molecule is Cn1cnc(C2CC(=O)OC2=O)c1. The molecule has 1 saturated heterocycles. The van der Waals surface area contributed by atoms with E-state index in [1.54, 1.807) is 24.1 Å². The summed E-state index contributed by atoms with van der Waals surface area (Å²) in [5.41, 5.74) is 0.596. The molecule has 5 nitrogen and oxygen atoms in total. The third kappa shape index (κ3) is 1.32. The van der Waals surface area contributed by atoms with Crippen molar-refractivity contribution in [2.24, 2.45) is 7.05 Å². The molecule has 1 aromatic rings. The van der Waals surface area contributed by atoms with Crippen LogP contribution in [0, 0.1) is 0 Å². The number of carbonyl (C=O) groups is 2. The van der Waals surface area contributed by atoms with Crippen LogP contribution in [0.1, 0.15) is 18.0 Å². The van der Waals surface area contributed by atoms with Crippen molar-refractivity contribution in [3.05, 3.63) is 18.2 Å². The van der Waals surface area contributed by atoms with E-state index >= 15 is 0 Å². The number of imidazole rings is 1. The fourth-order valence-electron chi connectivity index (χ4n) is 1.31. The zero-order valence-electron chi connectivity index (χ0n) is 7.06. The van der Waals surface area contributed by atoms with Gasteiger partial charge in [0.15, 0.2) is 0 Å². The minimum atomic E-state index is -0.506. The maximum Gasteiger partial charge on any atom is 0.323 e. The second kappa shape index (κ2) is 2.69. The fourth-order valence-corrected chi connectivity index (χ4v) is 1.31. The summed E-state index contributed by atoms with van der Waals surface area (Å²) in [5.74, 6) is -1.47. The summed E-state index contributed by atoms with van der Waals surface area (Å²) < 4.78 is 6.14. The van der Waals surface area contributed by atoms with Crippen LogP contribution < -0.4 is 0 Å². The standard InChI is InChI=1S/C8H8N2O3/c1-10-3-6(9-4-10)5-2-7(11)13-8(5)12/h3-5H,2H2,1H3. The van der Waals surface area contributed by atoms with Crippen molar-refractivity contribution < 1.29 is 14.3 Å². The van der Waals surface area contributed by atoms with Gasteiger partial charge in [-0.25, -0.2) is 4.98 Å². The van der Waals surface area contributed by atoms with Crippen LogP contribution in [0.15, 0.2) is 12.5 Å². The molecule has 1 fully saturated rings. The van der Waals surface area contributed by atoms with Gasteiger partial charge < -0.3 is 9.30 Å². The average molecular weight is 180 g/mol. The van der Waals surface area contributed by atoms with Gasteiger partial charge in [-0.05, 0) is 0 Å². The molecule has 0 aliphatic carbocycles. The van der Waals surface area contributed by atoms with Gasteiger partial charge in [-0.2, -0.15) is 0 Å². The van der Waals surface area contributed by atoms with Crippen LogP contribution in [0.4, 0.5) is 0 Å². The molecule has 0 aromatic carbocycles. The minimum absolute atomic E-state index is 0.107. The number of cyclic esters (lactones) is 2. The van der Waals surface area contributed by atoms with Gasteiger partial charge in [0.05, 0.1) is 18.4 Å². The number of nitrogens with zero attached hydrogens (tertiary/aromatic N) is 2. The van der Waals surface area contributed by atoms with E-state index in [0.29, 0.717) is 5.69 Å². The normalized spacial score (nSPS) is 22.1. The van der Waals surface area contributed by atoms with Crippen LogP contribution >= 0.6 is 0 Å². The number of hydrogen-bond donors (Lipinski definition) is 0. The Bertz CT molecular complexity index is 369. The van der Waals surface area contributed by atoms with E-state index in [-0.39, 0.29) is 6.42 Å². The summed E-state index contributed by atoms with van der Waals surface area (Å²) in [5, 5.41) is 0. The molecule has 0 radical (unpaired) electrons. The maximum absolute atomic E-state index is 11.1. The quantitative estimate of drug-likeness (QED) is 0.450. The van der Waals surface area contributed by atoms with Gasteiger partial charge in [0.1, 0.15) is 5.92 Å². The number of aryl methyl sites for hydroxylation is 1. The molecule has 2 heterocycles. The van der Waals surface area contributed by atoms with E-state index in [1.807, 2.05) is 0 Å². The van der Waals surface area contributed by atoms with Crippen LogP contribution in [0.2, 0.25) is 0 Å². The molecule has 5 heteroatoms. The third-order valence-corrected chi connectivity index (χ3v) is 1.95. The van der Waals surface area contributed by atoms with E-state index < -0.39 is 17.9 Å². The summed E-state index contributed by atoms with van der Waals surface area (Å²) >= 11 is 0. The van der Waals surface area contributed by atoms with Gasteiger partial charge >= 0.3 is 11.9 Å². The van der Waals surface area contributed by atoms with Crippen molar-refractivity contribution >= 4 is 11.9 Å². The molecule has 0 bridgehead atoms. The molecule has 0 N–H and O–H groups in total. The second-order valence-corrected chi connectivity index (χ2v) is 3.01. The predicted octanol–water partition coefficient (Wildman–Crippen LogP) is -0.0228. The van der Waals surface area contributed by atoms with E-state index in [4.69, 9.17) is 0 Å². The van der Waals surface area contributed by atoms with Gasteiger partial charge in [0.25, 0.3) is 0 Å². The molecule has 0 amide bonds. The Morgan fingerprint density at radius 1 is 1.62 bits per heavy atom. The number of esters is 2. The Kier molecular flexibility index (Phi) is 1.65. The van der Waals surface area contributed by atoms with Crippen molar-refractivity contribution in [1.29, 1.82) is 0 Å². The topological polar surface area (TPSA) is 61.2 Å². The van der Waals surface area contributed by atoms with Crippen molar-refractivity contribution in [2.75, 3.05) is 0 Å². The Labute approximate surface area is 74.3 Å². The van der Waals surface area contributed by atoms with Gasteiger partial charge in [-0.15, -0.1) is 0 Å². The Balaban J connectivity index is 2.27. The van der Waals surface area contributed by atoms with Crippen LogP contribution in [-0.2, 0) is 21.4 Å². The molecule has 1 aromatic heterocycles. The summed E-state index contributed by atoms with van der Waals surface area (Å²) in [4.78, 5) is 25.9. The highest BCUT2D eigenvalue weighted by Gasteiger charge is 2.35. The number of ether oxygens (including phenoxy) is 1. The third-order valence-electron chi connectivity index (χ3n) is 1.95. The minimum Gasteiger partial charge on any atom is -0.393 e. The van der Waals surface area contributed by atoms with Gasteiger partial charge in [0.2, 0.25) is 0 Å². The highest BCUT2D eigenvalue weighted by atomic mass is 16.6. The van der Waals surface area contributed by atoms with Gasteiger partial charge in [-0.3, -0.25) is 9.59 Å². The first-order valence-electron chi connectivity index (χ1n) is 3.89. The van der Waals surface area contributed by atoms with E-state index in [9.17, 15) is 9.59 Å². The molecule has 1 aliphatic heterocycles. The average Bonchev–Trinajstić information content (AvgIpc) is 2.58. The number of rotatable bonds is 1. The molecule has 13 heavy (non-hydrogen) atoms. The summed E-state index contributed by atoms with van der Waals surface area (Å²) in [6.45, 7) is 0. The van der Waals surface area contributed by atoms with Crippen molar-refractivity contribution in [2.45, 2.75) is 12.3 Å². The van der Waals surface area contributed by atoms with E-state index in [2.05, 4.69) is 9.72 Å². The van der Waals surface area contributed by atoms with Crippen LogP contribution in [0.3, 0.4) is 0 Å². The summed E-state index contributed by atoms with van der Waals surface area (Å²) in [7, 11) is 1.80. The molecule has 1 aliphatic rings. The number of aromatic nitrogens is 2. The van der Waals surface area contributed by atoms with E-state index in [0.717, 1.165) is 0 Å². The highest BCUT2D eigenvalue weighted by Crippen LogP contribution is 2.25. The molecule has 1 unspecified atom stereocenters. The Hall–Kier alpha value is -1.65. The van der Waals surface area contributed by atoms with Crippen LogP contribution in [0.5, 0.6) is 0 Å². The zero-order chi connectivity index (χ0) is 9.42. The molecule has 1 atom stereocenters. The lowest BCUT2D eigenvalue weighted by Crippen LogP contribution is -2.05. The lowest BCUT2D eigenvalue weighted by Gasteiger charge is -1.97. The van der Waals surface area contributed by atoms with Gasteiger partial charge in [0, 0.05) is 13.2 Å². The van der Waals surface area contributed by atoms with Crippen LogP contribution in [0.25, 0.3) is 0 Å². The first-order chi connectivity index (χ1) is 6.16.